The molecule has 0 bridgehead atoms. The monoisotopic (exact) mass is 422 g/mol. The number of hydrogen-bond acceptors (Lipinski definition) is 5. The third-order valence-electron chi connectivity index (χ3n) is 4.05. The normalized spacial score (nSPS) is 12.1. The smallest absolute Gasteiger partial charge is 0.338 e. The van der Waals surface area contributed by atoms with Crippen molar-refractivity contribution >= 4 is 33.3 Å². The van der Waals surface area contributed by atoms with Crippen molar-refractivity contribution in [3.8, 4) is 0 Å². The van der Waals surface area contributed by atoms with E-state index in [0.717, 1.165) is 22.7 Å². The first-order valence-electron chi connectivity index (χ1n) is 9.00. The van der Waals surface area contributed by atoms with Gasteiger partial charge in [0.05, 0.1) is 24.1 Å². The van der Waals surface area contributed by atoms with E-state index in [1.54, 1.807) is 32.0 Å². The molecule has 156 valence electrons. The summed E-state index contributed by atoms with van der Waals surface area (Å²) in [4.78, 5) is 24.7. The van der Waals surface area contributed by atoms with E-state index in [1.165, 1.54) is 18.2 Å². The second-order valence-electron chi connectivity index (χ2n) is 6.25. The Hall–Kier alpha value is -2.94. The number of carbonyl (C=O) groups is 2. The Morgan fingerprint density at radius 2 is 1.79 bits per heavy atom. The van der Waals surface area contributed by atoms with Crippen LogP contribution < -0.4 is 9.62 Å². The van der Waals surface area contributed by atoms with E-state index >= 15 is 0 Å². The van der Waals surface area contributed by atoms with Crippen LogP contribution in [0.2, 0.25) is 0 Å². The fourth-order valence-corrected chi connectivity index (χ4v) is 4.02. The van der Waals surface area contributed by atoms with Crippen LogP contribution in [0.15, 0.2) is 48.5 Å². The molecule has 0 aliphatic heterocycles. The fourth-order valence-electron chi connectivity index (χ4n) is 2.81. The number of anilines is 2. The van der Waals surface area contributed by atoms with Gasteiger partial charge in [-0.2, -0.15) is 0 Å². The van der Waals surface area contributed by atoms with Crippen LogP contribution in [-0.4, -0.2) is 39.2 Å². The topological polar surface area (TPSA) is 92.8 Å². The molecule has 0 saturated carbocycles. The summed E-state index contributed by atoms with van der Waals surface area (Å²) in [7, 11) is -3.83. The van der Waals surface area contributed by atoms with E-state index < -0.39 is 33.8 Å². The van der Waals surface area contributed by atoms with E-state index in [4.69, 9.17) is 4.74 Å². The number of carbonyl (C=O) groups excluding carboxylic acids is 2. The van der Waals surface area contributed by atoms with Gasteiger partial charge in [0.25, 0.3) is 0 Å². The summed E-state index contributed by atoms with van der Waals surface area (Å²) in [5.74, 6) is -1.63. The van der Waals surface area contributed by atoms with Gasteiger partial charge in [0, 0.05) is 5.69 Å². The van der Waals surface area contributed by atoms with Gasteiger partial charge in [-0.05, 0) is 55.8 Å². The Balaban J connectivity index is 2.32. The van der Waals surface area contributed by atoms with Crippen LogP contribution in [0.4, 0.5) is 15.8 Å². The molecule has 0 radical (unpaired) electrons. The molecule has 0 fully saturated rings. The lowest BCUT2D eigenvalue weighted by Crippen LogP contribution is -2.47. The highest BCUT2D eigenvalue weighted by atomic mass is 32.2. The van der Waals surface area contributed by atoms with Crippen molar-refractivity contribution in [2.45, 2.75) is 26.3 Å². The summed E-state index contributed by atoms with van der Waals surface area (Å²) in [5, 5.41) is 2.64. The molecule has 0 aromatic heterocycles. The summed E-state index contributed by atoms with van der Waals surface area (Å²) in [6, 6.07) is 9.94. The molecule has 0 unspecified atom stereocenters. The molecule has 29 heavy (non-hydrogen) atoms. The zero-order valence-corrected chi connectivity index (χ0v) is 17.2. The van der Waals surface area contributed by atoms with Gasteiger partial charge in [-0.25, -0.2) is 17.6 Å². The first-order chi connectivity index (χ1) is 13.7. The third kappa shape index (κ3) is 5.77. The van der Waals surface area contributed by atoms with Gasteiger partial charge in [-0.1, -0.05) is 13.0 Å². The van der Waals surface area contributed by atoms with Gasteiger partial charge in [-0.15, -0.1) is 0 Å². The number of benzene rings is 2. The summed E-state index contributed by atoms with van der Waals surface area (Å²) in [5.41, 5.74) is 0.763. The molecule has 2 rings (SSSR count). The maximum absolute atomic E-state index is 13.2. The average Bonchev–Trinajstić information content (AvgIpc) is 2.66. The van der Waals surface area contributed by atoms with Gasteiger partial charge >= 0.3 is 5.97 Å². The molecule has 0 aliphatic rings. The highest BCUT2D eigenvalue weighted by molar-refractivity contribution is 7.92. The Morgan fingerprint density at radius 1 is 1.14 bits per heavy atom. The Morgan fingerprint density at radius 3 is 2.34 bits per heavy atom. The number of nitrogens with zero attached hydrogens (tertiary/aromatic N) is 1. The lowest BCUT2D eigenvalue weighted by Gasteiger charge is -2.30. The first kappa shape index (κ1) is 22.4. The largest absolute Gasteiger partial charge is 0.462 e. The van der Waals surface area contributed by atoms with E-state index in [-0.39, 0.29) is 24.3 Å². The number of sulfonamides is 1. The lowest BCUT2D eigenvalue weighted by atomic mass is 10.1. The number of rotatable bonds is 8. The molecular weight excluding hydrogens is 399 g/mol. The highest BCUT2D eigenvalue weighted by Gasteiger charge is 2.31. The van der Waals surface area contributed by atoms with E-state index in [2.05, 4.69) is 5.32 Å². The van der Waals surface area contributed by atoms with Crippen LogP contribution in [0, 0.1) is 5.82 Å². The molecule has 1 amide bonds. The molecule has 1 atom stereocenters. The average molecular weight is 422 g/mol. The lowest BCUT2D eigenvalue weighted by molar-refractivity contribution is -0.117. The van der Waals surface area contributed by atoms with Crippen molar-refractivity contribution in [3.05, 3.63) is 59.9 Å². The van der Waals surface area contributed by atoms with Crippen LogP contribution in [-0.2, 0) is 19.6 Å². The summed E-state index contributed by atoms with van der Waals surface area (Å²) >= 11 is 0. The molecule has 0 aliphatic carbocycles. The van der Waals surface area contributed by atoms with Crippen molar-refractivity contribution in [2.75, 3.05) is 22.5 Å². The molecule has 7 nitrogen and oxygen atoms in total. The Bertz CT molecular complexity index is 977. The molecule has 9 heteroatoms. The van der Waals surface area contributed by atoms with Gasteiger partial charge in [0.2, 0.25) is 15.9 Å². The minimum atomic E-state index is -3.83. The van der Waals surface area contributed by atoms with Gasteiger partial charge < -0.3 is 10.1 Å². The van der Waals surface area contributed by atoms with Gasteiger partial charge in [-0.3, -0.25) is 9.10 Å². The predicted molar refractivity (Wildman–Crippen MR) is 109 cm³/mol. The van der Waals surface area contributed by atoms with Crippen molar-refractivity contribution in [1.82, 2.24) is 0 Å². The number of hydrogen-bond donors (Lipinski definition) is 1. The summed E-state index contributed by atoms with van der Waals surface area (Å²) < 4.78 is 43.9. The number of amides is 1. The van der Waals surface area contributed by atoms with Crippen LogP contribution >= 0.6 is 0 Å². The Kier molecular flexibility index (Phi) is 7.33. The van der Waals surface area contributed by atoms with E-state index in [1.807, 2.05) is 0 Å². The van der Waals surface area contributed by atoms with Crippen molar-refractivity contribution in [3.63, 3.8) is 0 Å². The molecule has 2 aromatic carbocycles. The molecule has 0 saturated heterocycles. The third-order valence-corrected chi connectivity index (χ3v) is 5.23. The SMILES string of the molecule is CCOC(=O)c1cccc(NC(=O)[C@H](CC)N(c2ccc(F)cc2)S(C)(=O)=O)c1. The number of nitrogens with one attached hydrogen (secondary N) is 1. The quantitative estimate of drug-likeness (QED) is 0.660. The second kappa shape index (κ2) is 9.51. The maximum Gasteiger partial charge on any atom is 0.338 e. The van der Waals surface area contributed by atoms with Crippen molar-refractivity contribution < 1.29 is 27.1 Å². The second-order valence-corrected chi connectivity index (χ2v) is 8.11. The van der Waals surface area contributed by atoms with Crippen LogP contribution in [0.1, 0.15) is 30.6 Å². The zero-order valence-electron chi connectivity index (χ0n) is 16.4. The van der Waals surface area contributed by atoms with Crippen LogP contribution in [0.3, 0.4) is 0 Å². The summed E-state index contributed by atoms with van der Waals surface area (Å²) in [6.45, 7) is 3.57. The molecule has 2 aromatic rings. The first-order valence-corrected chi connectivity index (χ1v) is 10.8. The van der Waals surface area contributed by atoms with E-state index in [9.17, 15) is 22.4 Å². The minimum absolute atomic E-state index is 0.174. The highest BCUT2D eigenvalue weighted by Crippen LogP contribution is 2.24. The van der Waals surface area contributed by atoms with Gasteiger partial charge in [0.1, 0.15) is 11.9 Å². The zero-order chi connectivity index (χ0) is 21.6. The number of halogens is 1. The van der Waals surface area contributed by atoms with Crippen molar-refractivity contribution in [2.24, 2.45) is 0 Å². The molecular formula is C20H23FN2O5S. The fraction of sp³-hybridized carbons (Fsp3) is 0.300. The number of ether oxygens (including phenoxy) is 1. The van der Waals surface area contributed by atoms with Crippen molar-refractivity contribution in [1.29, 1.82) is 0 Å². The molecule has 0 spiro atoms. The van der Waals surface area contributed by atoms with E-state index in [0.29, 0.717) is 5.69 Å². The Labute approximate surface area is 169 Å². The maximum atomic E-state index is 13.2. The summed E-state index contributed by atoms with van der Waals surface area (Å²) in [6.07, 6.45) is 1.15. The van der Waals surface area contributed by atoms with Crippen LogP contribution in [0.25, 0.3) is 0 Å². The standard InChI is InChI=1S/C20H23FN2O5S/c1-4-18(23(29(3,26)27)17-11-9-15(21)10-12-17)19(24)22-16-8-6-7-14(13-16)20(25)28-5-2/h6-13,18H,4-5H2,1-3H3,(H,22,24)/t18-/m0/s1. The number of esters is 1. The minimum Gasteiger partial charge on any atom is -0.462 e. The predicted octanol–water partition coefficient (Wildman–Crippen LogP) is 3.19. The van der Waals surface area contributed by atoms with Gasteiger partial charge in [0.15, 0.2) is 0 Å². The molecule has 1 N–H and O–H groups in total. The molecule has 0 heterocycles. The van der Waals surface area contributed by atoms with Crippen LogP contribution in [0.5, 0.6) is 0 Å².